The van der Waals surface area contributed by atoms with Gasteiger partial charge in [-0.2, -0.15) is 0 Å². The van der Waals surface area contributed by atoms with Crippen molar-refractivity contribution in [2.45, 2.75) is 6.42 Å². The van der Waals surface area contributed by atoms with E-state index >= 15 is 0 Å². The molecule has 2 N–H and O–H groups in total. The molecule has 3 aromatic carbocycles. The minimum atomic E-state index is -0.274. The molecule has 3 rings (SSSR count). The third-order valence-corrected chi connectivity index (χ3v) is 3.84. The fraction of sp³-hybridized carbons (Fsp3) is 0.0952. The van der Waals surface area contributed by atoms with Crippen LogP contribution in [0.5, 0.6) is 0 Å². The standard InChI is InChI=1S/C21H19FN2O/c22-19-8-4-5-16(15-19)13-14-23-21(25)24-20-11-9-18(10-12-20)17-6-2-1-3-7-17/h1-12,15H,13-14H2,(H2,23,24,25). The van der Waals surface area contributed by atoms with Crippen LogP contribution in [0.2, 0.25) is 0 Å². The van der Waals surface area contributed by atoms with Crippen LogP contribution < -0.4 is 10.6 Å². The first-order valence-corrected chi connectivity index (χ1v) is 8.15. The third-order valence-electron chi connectivity index (χ3n) is 3.84. The van der Waals surface area contributed by atoms with Crippen LogP contribution in [0.15, 0.2) is 78.9 Å². The highest BCUT2D eigenvalue weighted by molar-refractivity contribution is 5.89. The molecule has 0 saturated heterocycles. The lowest BCUT2D eigenvalue weighted by Crippen LogP contribution is -2.30. The Labute approximate surface area is 146 Å². The van der Waals surface area contributed by atoms with Crippen molar-refractivity contribution >= 4 is 11.7 Å². The van der Waals surface area contributed by atoms with E-state index in [1.165, 1.54) is 12.1 Å². The highest BCUT2D eigenvalue weighted by Gasteiger charge is 2.03. The van der Waals surface area contributed by atoms with Crippen LogP contribution in [0.1, 0.15) is 5.56 Å². The summed E-state index contributed by atoms with van der Waals surface area (Å²) in [4.78, 5) is 11.9. The van der Waals surface area contributed by atoms with Gasteiger partial charge in [0, 0.05) is 12.2 Å². The van der Waals surface area contributed by atoms with Crippen molar-refractivity contribution in [1.82, 2.24) is 5.32 Å². The SMILES string of the molecule is O=C(NCCc1cccc(F)c1)Nc1ccc(-c2ccccc2)cc1. The molecule has 3 aromatic rings. The van der Waals surface area contributed by atoms with E-state index in [9.17, 15) is 9.18 Å². The van der Waals surface area contributed by atoms with Gasteiger partial charge in [-0.15, -0.1) is 0 Å². The summed E-state index contributed by atoms with van der Waals surface area (Å²) >= 11 is 0. The fourth-order valence-corrected chi connectivity index (χ4v) is 2.56. The maximum absolute atomic E-state index is 13.1. The van der Waals surface area contributed by atoms with Crippen LogP contribution in [0.3, 0.4) is 0 Å². The zero-order valence-electron chi connectivity index (χ0n) is 13.7. The summed E-state index contributed by atoms with van der Waals surface area (Å²) in [6.45, 7) is 0.442. The van der Waals surface area contributed by atoms with Crippen LogP contribution in [-0.2, 0) is 6.42 Å². The minimum absolute atomic E-state index is 0.263. The van der Waals surface area contributed by atoms with Crippen LogP contribution in [-0.4, -0.2) is 12.6 Å². The second kappa shape index (κ2) is 8.11. The number of anilines is 1. The molecule has 0 fully saturated rings. The Bertz CT molecular complexity index is 832. The molecule has 4 heteroatoms. The molecular formula is C21H19FN2O. The first kappa shape index (κ1) is 16.7. The number of rotatable bonds is 5. The maximum atomic E-state index is 13.1. The fourth-order valence-electron chi connectivity index (χ4n) is 2.56. The largest absolute Gasteiger partial charge is 0.338 e. The summed E-state index contributed by atoms with van der Waals surface area (Å²) < 4.78 is 13.1. The van der Waals surface area contributed by atoms with E-state index in [0.29, 0.717) is 13.0 Å². The lowest BCUT2D eigenvalue weighted by molar-refractivity contribution is 0.252. The molecule has 25 heavy (non-hydrogen) atoms. The van der Waals surface area contributed by atoms with Crippen LogP contribution in [0, 0.1) is 5.82 Å². The highest BCUT2D eigenvalue weighted by atomic mass is 19.1. The quantitative estimate of drug-likeness (QED) is 0.687. The number of nitrogens with one attached hydrogen (secondary N) is 2. The number of hydrogen-bond acceptors (Lipinski definition) is 1. The Hall–Kier alpha value is -3.14. The molecule has 0 atom stereocenters. The van der Waals surface area contributed by atoms with Crippen molar-refractivity contribution in [3.63, 3.8) is 0 Å². The average Bonchev–Trinajstić information content (AvgIpc) is 2.63. The molecular weight excluding hydrogens is 315 g/mol. The molecule has 0 aliphatic carbocycles. The Kier molecular flexibility index (Phi) is 5.42. The number of hydrogen-bond donors (Lipinski definition) is 2. The number of carbonyl (C=O) groups is 1. The van der Waals surface area contributed by atoms with Crippen LogP contribution in [0.25, 0.3) is 11.1 Å². The highest BCUT2D eigenvalue weighted by Crippen LogP contribution is 2.20. The van der Waals surface area contributed by atoms with Gasteiger partial charge in [0.15, 0.2) is 0 Å². The number of urea groups is 1. The van der Waals surface area contributed by atoms with Gasteiger partial charge in [0.2, 0.25) is 0 Å². The summed E-state index contributed by atoms with van der Waals surface area (Å²) in [6.07, 6.45) is 0.581. The summed E-state index contributed by atoms with van der Waals surface area (Å²) in [7, 11) is 0. The summed E-state index contributed by atoms with van der Waals surface area (Å²) in [5.41, 5.74) is 3.81. The lowest BCUT2D eigenvalue weighted by atomic mass is 10.1. The molecule has 2 amide bonds. The molecule has 0 aliphatic heterocycles. The van der Waals surface area contributed by atoms with Gasteiger partial charge < -0.3 is 10.6 Å². The van der Waals surface area contributed by atoms with E-state index in [0.717, 1.165) is 22.4 Å². The van der Waals surface area contributed by atoms with E-state index < -0.39 is 0 Å². The Morgan fingerprint density at radius 3 is 2.28 bits per heavy atom. The topological polar surface area (TPSA) is 41.1 Å². The molecule has 0 spiro atoms. The third kappa shape index (κ3) is 4.91. The average molecular weight is 334 g/mol. The first-order valence-electron chi connectivity index (χ1n) is 8.15. The van der Waals surface area contributed by atoms with Gasteiger partial charge in [0.1, 0.15) is 5.82 Å². The van der Waals surface area contributed by atoms with Crippen LogP contribution >= 0.6 is 0 Å². The second-order valence-corrected chi connectivity index (χ2v) is 5.70. The summed E-state index contributed by atoms with van der Waals surface area (Å²) in [6, 6.07) is 23.8. The molecule has 126 valence electrons. The van der Waals surface area contributed by atoms with Crippen molar-refractivity contribution in [3.8, 4) is 11.1 Å². The van der Waals surface area contributed by atoms with Gasteiger partial charge in [-0.05, 0) is 47.4 Å². The molecule has 0 unspecified atom stereocenters. The molecule has 0 aliphatic rings. The zero-order chi connectivity index (χ0) is 17.5. The van der Waals surface area contributed by atoms with Crippen molar-refractivity contribution < 1.29 is 9.18 Å². The number of carbonyl (C=O) groups excluding carboxylic acids is 1. The van der Waals surface area contributed by atoms with Crippen molar-refractivity contribution in [2.75, 3.05) is 11.9 Å². The van der Waals surface area contributed by atoms with Gasteiger partial charge in [-0.3, -0.25) is 0 Å². The second-order valence-electron chi connectivity index (χ2n) is 5.70. The molecule has 0 bridgehead atoms. The number of benzene rings is 3. The van der Waals surface area contributed by atoms with Crippen molar-refractivity contribution in [3.05, 3.63) is 90.2 Å². The number of halogens is 1. The van der Waals surface area contributed by atoms with Gasteiger partial charge >= 0.3 is 6.03 Å². The Balaban J connectivity index is 1.49. The van der Waals surface area contributed by atoms with Gasteiger partial charge in [0.05, 0.1) is 0 Å². The van der Waals surface area contributed by atoms with Gasteiger partial charge in [0.25, 0.3) is 0 Å². The normalized spacial score (nSPS) is 10.3. The molecule has 3 nitrogen and oxygen atoms in total. The van der Waals surface area contributed by atoms with Crippen molar-refractivity contribution in [2.24, 2.45) is 0 Å². The predicted molar refractivity (Wildman–Crippen MR) is 99.0 cm³/mol. The summed E-state index contributed by atoms with van der Waals surface area (Å²) in [5.74, 6) is -0.263. The molecule has 0 aromatic heterocycles. The van der Waals surface area contributed by atoms with E-state index in [1.807, 2.05) is 60.7 Å². The smallest absolute Gasteiger partial charge is 0.319 e. The van der Waals surface area contributed by atoms with E-state index in [-0.39, 0.29) is 11.8 Å². The Morgan fingerprint density at radius 2 is 1.56 bits per heavy atom. The van der Waals surface area contributed by atoms with Crippen LogP contribution in [0.4, 0.5) is 14.9 Å². The minimum Gasteiger partial charge on any atom is -0.338 e. The molecule has 0 radical (unpaired) electrons. The molecule has 0 heterocycles. The van der Waals surface area contributed by atoms with E-state index in [4.69, 9.17) is 0 Å². The monoisotopic (exact) mass is 334 g/mol. The van der Waals surface area contributed by atoms with Gasteiger partial charge in [-0.25, -0.2) is 9.18 Å². The number of amides is 2. The van der Waals surface area contributed by atoms with E-state index in [2.05, 4.69) is 10.6 Å². The lowest BCUT2D eigenvalue weighted by Gasteiger charge is -2.09. The maximum Gasteiger partial charge on any atom is 0.319 e. The van der Waals surface area contributed by atoms with Gasteiger partial charge in [-0.1, -0.05) is 54.6 Å². The zero-order valence-corrected chi connectivity index (χ0v) is 13.7. The Morgan fingerprint density at radius 1 is 0.840 bits per heavy atom. The predicted octanol–water partition coefficient (Wildman–Crippen LogP) is 4.86. The van der Waals surface area contributed by atoms with Crippen molar-refractivity contribution in [1.29, 1.82) is 0 Å². The van der Waals surface area contributed by atoms with E-state index in [1.54, 1.807) is 6.07 Å². The molecule has 0 saturated carbocycles. The summed E-state index contributed by atoms with van der Waals surface area (Å²) in [5, 5.41) is 5.57. The first-order chi connectivity index (χ1) is 12.2.